The van der Waals surface area contributed by atoms with E-state index in [4.69, 9.17) is 0 Å². The predicted octanol–water partition coefficient (Wildman–Crippen LogP) is 9.37. The van der Waals surface area contributed by atoms with Crippen molar-refractivity contribution in [2.75, 3.05) is 23.9 Å². The monoisotopic (exact) mass is 761 g/mol. The molecule has 3 heteroatoms. The fourth-order valence-corrected chi connectivity index (χ4v) is 6.47. The van der Waals surface area contributed by atoms with Crippen LogP contribution in [0.15, 0.2) is 133 Å². The van der Waals surface area contributed by atoms with Crippen LogP contribution in [0.25, 0.3) is 22.3 Å². The first kappa shape index (κ1) is 30.6. The third kappa shape index (κ3) is 6.39. The molecule has 6 aromatic carbocycles. The number of fused-ring (bicyclic) bond motifs is 8. The number of nitrogens with zero attached hydrogens (tertiary/aromatic N) is 2. The Bertz CT molecular complexity index is 1730. The standard InChI is InChI=1S/C42H34N2.Pt/c1-43-39-25-11-9-23-37(39)33-19-14-22-36(30-33)42(28-32-17-7-4-8-18-32)44(2)40-26-12-10-24-38(40)34-20-13-21-35(29-34)41(43)27-31-15-5-3-6-16-31;/h3-15,17,19-26,41-42H,27-28H2,1-2H3;/q-4;. The van der Waals surface area contributed by atoms with Gasteiger partial charge in [-0.3, -0.25) is 0 Å². The predicted molar refractivity (Wildman–Crippen MR) is 182 cm³/mol. The van der Waals surface area contributed by atoms with Crippen molar-refractivity contribution in [3.05, 3.63) is 180 Å². The average Bonchev–Trinajstić information content (AvgIpc) is 3.09. The minimum Gasteiger partial charge on any atom is -0.376 e. The number of likely N-dealkylation sites (N-methyl/N-ethyl adjacent to an activating group) is 2. The van der Waals surface area contributed by atoms with E-state index in [1.807, 2.05) is 24.3 Å². The van der Waals surface area contributed by atoms with Crippen molar-refractivity contribution in [3.63, 3.8) is 0 Å². The second-order valence-electron chi connectivity index (χ2n) is 11.5. The van der Waals surface area contributed by atoms with Crippen molar-refractivity contribution in [1.82, 2.24) is 0 Å². The Morgan fingerprint density at radius 3 is 1.33 bits per heavy atom. The van der Waals surface area contributed by atoms with Gasteiger partial charge in [-0.05, 0) is 25.0 Å². The zero-order valence-corrected chi connectivity index (χ0v) is 27.8. The van der Waals surface area contributed by atoms with Gasteiger partial charge < -0.3 is 9.80 Å². The normalized spacial score (nSPS) is 15.7. The van der Waals surface area contributed by atoms with Crippen LogP contribution >= 0.6 is 0 Å². The van der Waals surface area contributed by atoms with Crippen LogP contribution in [0.4, 0.5) is 11.4 Å². The maximum absolute atomic E-state index is 3.88. The van der Waals surface area contributed by atoms with E-state index < -0.39 is 0 Å². The van der Waals surface area contributed by atoms with Crippen LogP contribution in [-0.4, -0.2) is 14.1 Å². The largest absolute Gasteiger partial charge is 0.376 e. The van der Waals surface area contributed by atoms with E-state index in [-0.39, 0.29) is 33.1 Å². The molecule has 0 aliphatic carbocycles. The first-order chi connectivity index (χ1) is 21.7. The van der Waals surface area contributed by atoms with Gasteiger partial charge in [0.15, 0.2) is 0 Å². The molecule has 0 amide bonds. The summed E-state index contributed by atoms with van der Waals surface area (Å²) in [6.45, 7) is 0. The third-order valence-electron chi connectivity index (χ3n) is 8.81. The smallest absolute Gasteiger partial charge is 0.0383 e. The number of benzene rings is 6. The van der Waals surface area contributed by atoms with Crippen LogP contribution in [0.1, 0.15) is 34.3 Å². The zero-order valence-electron chi connectivity index (χ0n) is 25.5. The van der Waals surface area contributed by atoms with E-state index in [1.165, 1.54) is 33.6 Å². The minimum absolute atomic E-state index is 0. The van der Waals surface area contributed by atoms with Crippen LogP contribution in [-0.2, 0) is 33.9 Å². The molecule has 0 saturated heterocycles. The number of anilines is 2. The summed E-state index contributed by atoms with van der Waals surface area (Å²) in [6, 6.07) is 62.0. The van der Waals surface area contributed by atoms with E-state index >= 15 is 0 Å². The Labute approximate surface area is 282 Å². The van der Waals surface area contributed by atoms with E-state index in [9.17, 15) is 0 Å². The van der Waals surface area contributed by atoms with Gasteiger partial charge in [0.25, 0.3) is 0 Å². The summed E-state index contributed by atoms with van der Waals surface area (Å²) in [5.41, 5.74) is 11.5. The van der Waals surface area contributed by atoms with E-state index in [1.54, 1.807) is 0 Å². The Morgan fingerprint density at radius 2 is 0.911 bits per heavy atom. The van der Waals surface area contributed by atoms with Crippen molar-refractivity contribution in [3.8, 4) is 22.3 Å². The fraction of sp³-hybridized carbons (Fsp3) is 0.143. The number of hydrogen-bond acceptors (Lipinski definition) is 2. The molecule has 2 nitrogen and oxygen atoms in total. The molecule has 0 aromatic heterocycles. The first-order valence-corrected chi connectivity index (χ1v) is 15.3. The Balaban J connectivity index is 0.00000357. The van der Waals surface area contributed by atoms with Gasteiger partial charge in [-0.1, -0.05) is 47.5 Å². The van der Waals surface area contributed by atoms with Crippen LogP contribution < -0.4 is 9.80 Å². The second kappa shape index (κ2) is 13.7. The van der Waals surface area contributed by atoms with Gasteiger partial charge in [-0.2, -0.15) is 71.8 Å². The molecule has 2 unspecified atom stereocenters. The zero-order chi connectivity index (χ0) is 29.9. The van der Waals surface area contributed by atoms with Crippen LogP contribution in [0, 0.1) is 24.3 Å². The SMILES string of the molecule is CN1c2ccccc2-c2[c-]c(ccc2)C(Cc2[c-]cccc2)N(C)c2ccccc2-c2[c-]c(ccc2)C1Cc1[c-]cccc1.[Pt]. The number of para-hydroxylation sites is 2. The van der Waals surface area contributed by atoms with Gasteiger partial charge in [0.05, 0.1) is 0 Å². The minimum atomic E-state index is 0. The van der Waals surface area contributed by atoms with Crippen molar-refractivity contribution in [1.29, 1.82) is 0 Å². The fourth-order valence-electron chi connectivity index (χ4n) is 6.47. The van der Waals surface area contributed by atoms with Gasteiger partial charge in [-0.25, -0.2) is 0 Å². The molecule has 1 aliphatic rings. The van der Waals surface area contributed by atoms with Crippen molar-refractivity contribution in [2.45, 2.75) is 24.9 Å². The quantitative estimate of drug-likeness (QED) is 0.165. The van der Waals surface area contributed by atoms with Gasteiger partial charge in [-0.15, -0.1) is 70.8 Å². The van der Waals surface area contributed by atoms with E-state index in [0.29, 0.717) is 0 Å². The Morgan fingerprint density at radius 1 is 0.489 bits per heavy atom. The Kier molecular flexibility index (Phi) is 9.34. The molecule has 45 heavy (non-hydrogen) atoms. The molecular formula is C42H34N2Pt-4. The molecule has 0 radical (unpaired) electrons. The summed E-state index contributed by atoms with van der Waals surface area (Å²) in [6.07, 6.45) is 1.62. The van der Waals surface area contributed by atoms with E-state index in [0.717, 1.165) is 35.1 Å². The molecule has 1 aliphatic heterocycles. The summed E-state index contributed by atoms with van der Waals surface area (Å²) < 4.78 is 0. The molecule has 2 atom stereocenters. The average molecular weight is 762 g/mol. The maximum Gasteiger partial charge on any atom is 0.0383 e. The summed E-state index contributed by atoms with van der Waals surface area (Å²) in [7, 11) is 4.41. The van der Waals surface area contributed by atoms with Gasteiger partial charge in [0, 0.05) is 58.6 Å². The molecule has 0 N–H and O–H groups in total. The molecular weight excluding hydrogens is 728 g/mol. The third-order valence-corrected chi connectivity index (χ3v) is 8.81. The molecule has 4 bridgehead atoms. The molecule has 226 valence electrons. The maximum atomic E-state index is 3.88. The molecule has 0 fully saturated rings. The van der Waals surface area contributed by atoms with E-state index in [2.05, 4.69) is 157 Å². The second-order valence-corrected chi connectivity index (χ2v) is 11.5. The summed E-state index contributed by atoms with van der Waals surface area (Å²) >= 11 is 0. The van der Waals surface area contributed by atoms with Gasteiger partial charge >= 0.3 is 0 Å². The molecule has 1 heterocycles. The Hall–Kier alpha value is -4.39. The van der Waals surface area contributed by atoms with Gasteiger partial charge in [0.2, 0.25) is 0 Å². The molecule has 7 rings (SSSR count). The van der Waals surface area contributed by atoms with Crippen LogP contribution in [0.5, 0.6) is 0 Å². The number of hydrogen-bond donors (Lipinski definition) is 0. The van der Waals surface area contributed by atoms with Gasteiger partial charge in [0.1, 0.15) is 0 Å². The summed E-state index contributed by atoms with van der Waals surface area (Å²) in [5, 5.41) is 0. The van der Waals surface area contributed by atoms with Crippen LogP contribution in [0.3, 0.4) is 0 Å². The van der Waals surface area contributed by atoms with Crippen molar-refractivity contribution in [2.24, 2.45) is 0 Å². The van der Waals surface area contributed by atoms with Crippen LogP contribution in [0.2, 0.25) is 0 Å². The molecule has 6 aromatic rings. The molecule has 0 spiro atoms. The van der Waals surface area contributed by atoms with Crippen molar-refractivity contribution >= 4 is 11.4 Å². The summed E-state index contributed by atoms with van der Waals surface area (Å²) in [5.74, 6) is 0. The first-order valence-electron chi connectivity index (χ1n) is 15.3. The molecule has 0 saturated carbocycles. The topological polar surface area (TPSA) is 6.48 Å². The number of rotatable bonds is 4. The summed E-state index contributed by atoms with van der Waals surface area (Å²) in [4.78, 5) is 4.82. The van der Waals surface area contributed by atoms with Crippen molar-refractivity contribution < 1.29 is 21.1 Å².